The molecule has 2 N–H and O–H groups in total. The molecule has 1 saturated carbocycles. The van der Waals surface area contributed by atoms with Crippen LogP contribution in [0, 0.1) is 0 Å². The largest absolute Gasteiger partial charge is 0.399 e. The Balaban J connectivity index is 1.86. The third kappa shape index (κ3) is 1.55. The van der Waals surface area contributed by atoms with Gasteiger partial charge in [-0.05, 0) is 44.2 Å². The monoisotopic (exact) mass is 217 g/mol. The zero-order valence-corrected chi connectivity index (χ0v) is 9.82. The number of likely N-dealkylation sites (N-methyl/N-ethyl adjacent to an activating group) is 1. The summed E-state index contributed by atoms with van der Waals surface area (Å²) < 4.78 is 0. The molecule has 1 spiro atoms. The van der Waals surface area contributed by atoms with Crippen LogP contribution >= 0.6 is 0 Å². The van der Waals surface area contributed by atoms with Crippen LogP contribution in [0.25, 0.3) is 0 Å². The van der Waals surface area contributed by atoms with Crippen LogP contribution in [0.5, 0.6) is 0 Å². The number of anilines is 2. The summed E-state index contributed by atoms with van der Waals surface area (Å²) in [4.78, 5) is 5.02. The van der Waals surface area contributed by atoms with Gasteiger partial charge in [0.1, 0.15) is 0 Å². The zero-order valence-electron chi connectivity index (χ0n) is 9.82. The number of hydrogen-bond donors (Lipinski definition) is 1. The quantitative estimate of drug-likeness (QED) is 0.724. The molecule has 0 atom stereocenters. The molecule has 1 aromatic carbocycles. The van der Waals surface area contributed by atoms with Crippen LogP contribution in [0.4, 0.5) is 11.4 Å². The number of hydrogen-bond acceptors (Lipinski definition) is 3. The normalized spacial score (nSPS) is 23.7. The highest BCUT2D eigenvalue weighted by molar-refractivity contribution is 5.56. The van der Waals surface area contributed by atoms with Crippen molar-refractivity contribution >= 4 is 11.4 Å². The molecule has 0 amide bonds. The molecule has 0 bridgehead atoms. The highest BCUT2D eigenvalue weighted by Gasteiger charge is 2.50. The van der Waals surface area contributed by atoms with Gasteiger partial charge in [0.05, 0.1) is 5.54 Å². The molecule has 1 aliphatic carbocycles. The van der Waals surface area contributed by atoms with Gasteiger partial charge in [-0.25, -0.2) is 0 Å². The molecule has 3 rings (SSSR count). The SMILES string of the molecule is CN1CCN(c2ccc(N)cc2)C2(CC2)C1. The molecule has 1 aliphatic heterocycles. The first-order chi connectivity index (χ1) is 7.70. The van der Waals surface area contributed by atoms with Crippen molar-refractivity contribution in [2.24, 2.45) is 0 Å². The van der Waals surface area contributed by atoms with Crippen LogP contribution in [-0.4, -0.2) is 37.1 Å². The Morgan fingerprint density at radius 2 is 1.81 bits per heavy atom. The zero-order chi connectivity index (χ0) is 11.2. The molecule has 0 unspecified atom stereocenters. The maximum Gasteiger partial charge on any atom is 0.0531 e. The van der Waals surface area contributed by atoms with Crippen molar-refractivity contribution in [1.29, 1.82) is 0 Å². The summed E-state index contributed by atoms with van der Waals surface area (Å²) in [5.41, 5.74) is 8.35. The predicted octanol–water partition coefficient (Wildman–Crippen LogP) is 1.55. The Bertz CT molecular complexity index is 381. The number of rotatable bonds is 1. The van der Waals surface area contributed by atoms with Crippen LogP contribution in [0.2, 0.25) is 0 Å². The van der Waals surface area contributed by atoms with E-state index in [-0.39, 0.29) is 0 Å². The number of piperazine rings is 1. The summed E-state index contributed by atoms with van der Waals surface area (Å²) in [6.45, 7) is 3.50. The number of nitrogen functional groups attached to an aromatic ring is 1. The third-order valence-electron chi connectivity index (χ3n) is 3.87. The van der Waals surface area contributed by atoms with Gasteiger partial charge in [-0.2, -0.15) is 0 Å². The summed E-state index contributed by atoms with van der Waals surface area (Å²) in [6, 6.07) is 8.31. The molecule has 0 aromatic heterocycles. The Labute approximate surface area is 96.8 Å². The smallest absolute Gasteiger partial charge is 0.0531 e. The van der Waals surface area contributed by atoms with Crippen molar-refractivity contribution in [3.63, 3.8) is 0 Å². The fraction of sp³-hybridized carbons (Fsp3) is 0.538. The van der Waals surface area contributed by atoms with E-state index in [1.807, 2.05) is 12.1 Å². The van der Waals surface area contributed by atoms with Gasteiger partial charge in [0.25, 0.3) is 0 Å². The van der Waals surface area contributed by atoms with E-state index in [9.17, 15) is 0 Å². The second-order valence-electron chi connectivity index (χ2n) is 5.21. The van der Waals surface area contributed by atoms with Crippen molar-refractivity contribution in [3.8, 4) is 0 Å². The molecule has 1 saturated heterocycles. The Hall–Kier alpha value is -1.22. The minimum atomic E-state index is 0.434. The first kappa shape index (κ1) is 9.97. The van der Waals surface area contributed by atoms with E-state index >= 15 is 0 Å². The minimum Gasteiger partial charge on any atom is -0.399 e. The van der Waals surface area contributed by atoms with E-state index in [0.717, 1.165) is 18.8 Å². The molecule has 1 heterocycles. The van der Waals surface area contributed by atoms with Gasteiger partial charge in [-0.3, -0.25) is 0 Å². The maximum atomic E-state index is 5.73. The second-order valence-corrected chi connectivity index (χ2v) is 5.21. The van der Waals surface area contributed by atoms with Gasteiger partial charge in [0.15, 0.2) is 0 Å². The first-order valence-electron chi connectivity index (χ1n) is 6.01. The van der Waals surface area contributed by atoms with Crippen molar-refractivity contribution in [2.45, 2.75) is 18.4 Å². The van der Waals surface area contributed by atoms with E-state index in [4.69, 9.17) is 5.73 Å². The van der Waals surface area contributed by atoms with E-state index in [1.165, 1.54) is 25.1 Å². The van der Waals surface area contributed by atoms with Crippen LogP contribution in [0.1, 0.15) is 12.8 Å². The summed E-state index contributed by atoms with van der Waals surface area (Å²) >= 11 is 0. The fourth-order valence-electron chi connectivity index (χ4n) is 2.80. The van der Waals surface area contributed by atoms with Gasteiger partial charge >= 0.3 is 0 Å². The van der Waals surface area contributed by atoms with Crippen molar-refractivity contribution in [2.75, 3.05) is 37.3 Å². The lowest BCUT2D eigenvalue weighted by Crippen LogP contribution is -2.53. The Morgan fingerprint density at radius 1 is 1.12 bits per heavy atom. The van der Waals surface area contributed by atoms with Crippen LogP contribution in [-0.2, 0) is 0 Å². The van der Waals surface area contributed by atoms with Crippen molar-refractivity contribution < 1.29 is 0 Å². The van der Waals surface area contributed by atoms with Gasteiger partial charge in [-0.1, -0.05) is 0 Å². The molecule has 16 heavy (non-hydrogen) atoms. The average Bonchev–Trinajstić information content (AvgIpc) is 3.00. The molecular weight excluding hydrogens is 198 g/mol. The van der Waals surface area contributed by atoms with Gasteiger partial charge in [-0.15, -0.1) is 0 Å². The second kappa shape index (κ2) is 3.39. The molecule has 2 aliphatic rings. The Morgan fingerprint density at radius 3 is 2.44 bits per heavy atom. The van der Waals surface area contributed by atoms with Gasteiger partial charge < -0.3 is 15.5 Å². The molecule has 86 valence electrons. The maximum absolute atomic E-state index is 5.73. The third-order valence-corrected chi connectivity index (χ3v) is 3.87. The molecule has 1 aromatic rings. The highest BCUT2D eigenvalue weighted by Crippen LogP contribution is 2.46. The molecule has 3 nitrogen and oxygen atoms in total. The summed E-state index contributed by atoms with van der Waals surface area (Å²) in [5.74, 6) is 0. The van der Waals surface area contributed by atoms with Gasteiger partial charge in [0, 0.05) is 31.0 Å². The lowest BCUT2D eigenvalue weighted by molar-refractivity contribution is 0.257. The van der Waals surface area contributed by atoms with E-state index in [2.05, 4.69) is 29.0 Å². The lowest BCUT2D eigenvalue weighted by Gasteiger charge is -2.42. The minimum absolute atomic E-state index is 0.434. The first-order valence-corrected chi connectivity index (χ1v) is 6.01. The van der Waals surface area contributed by atoms with E-state index in [1.54, 1.807) is 0 Å². The topological polar surface area (TPSA) is 32.5 Å². The van der Waals surface area contributed by atoms with Crippen LogP contribution in [0.3, 0.4) is 0 Å². The number of nitrogens with two attached hydrogens (primary N) is 1. The van der Waals surface area contributed by atoms with Gasteiger partial charge in [0.2, 0.25) is 0 Å². The standard InChI is InChI=1S/C13H19N3/c1-15-8-9-16(13(10-15)6-7-13)12-4-2-11(14)3-5-12/h2-5H,6-10,14H2,1H3. The Kier molecular flexibility index (Phi) is 2.11. The molecule has 0 radical (unpaired) electrons. The number of nitrogens with zero attached hydrogens (tertiary/aromatic N) is 2. The molecule has 3 heteroatoms. The highest BCUT2D eigenvalue weighted by atomic mass is 15.3. The number of benzene rings is 1. The summed E-state index contributed by atoms with van der Waals surface area (Å²) in [5, 5.41) is 0. The van der Waals surface area contributed by atoms with Crippen molar-refractivity contribution in [3.05, 3.63) is 24.3 Å². The van der Waals surface area contributed by atoms with E-state index < -0.39 is 0 Å². The fourth-order valence-corrected chi connectivity index (χ4v) is 2.80. The average molecular weight is 217 g/mol. The van der Waals surface area contributed by atoms with E-state index in [0.29, 0.717) is 5.54 Å². The van der Waals surface area contributed by atoms with Crippen molar-refractivity contribution in [1.82, 2.24) is 4.90 Å². The predicted molar refractivity (Wildman–Crippen MR) is 67.7 cm³/mol. The molecular formula is C13H19N3. The van der Waals surface area contributed by atoms with Crippen LogP contribution in [0.15, 0.2) is 24.3 Å². The lowest BCUT2D eigenvalue weighted by atomic mass is 10.1. The van der Waals surface area contributed by atoms with Crippen LogP contribution < -0.4 is 10.6 Å². The molecule has 2 fully saturated rings. The summed E-state index contributed by atoms with van der Waals surface area (Å²) in [6.07, 6.45) is 2.67. The summed E-state index contributed by atoms with van der Waals surface area (Å²) in [7, 11) is 2.22.